The van der Waals surface area contributed by atoms with Crippen LogP contribution in [-0.2, 0) is 4.79 Å². The number of nitrogens with one attached hydrogen (secondary N) is 2. The summed E-state index contributed by atoms with van der Waals surface area (Å²) in [7, 11) is 4.10. The number of furan rings is 1. The number of hydrogen-bond donors (Lipinski definition) is 3. The molecule has 0 spiro atoms. The second-order valence-corrected chi connectivity index (χ2v) is 8.70. The zero-order valence-electron chi connectivity index (χ0n) is 17.9. The third kappa shape index (κ3) is 4.71. The van der Waals surface area contributed by atoms with E-state index >= 15 is 0 Å². The average molecular weight is 457 g/mol. The van der Waals surface area contributed by atoms with E-state index in [1.807, 2.05) is 0 Å². The molecular formula is C23H25ClN4O4. The first-order chi connectivity index (χ1) is 15.3. The Bertz CT molecular complexity index is 1130. The molecule has 0 radical (unpaired) electrons. The van der Waals surface area contributed by atoms with Gasteiger partial charge in [-0.25, -0.2) is 4.98 Å². The van der Waals surface area contributed by atoms with E-state index in [2.05, 4.69) is 34.6 Å². The van der Waals surface area contributed by atoms with Crippen LogP contribution in [0.1, 0.15) is 36.2 Å². The second kappa shape index (κ2) is 9.18. The van der Waals surface area contributed by atoms with Gasteiger partial charge >= 0.3 is 0 Å². The predicted octanol–water partition coefficient (Wildman–Crippen LogP) is 4.50. The molecule has 0 saturated heterocycles. The maximum absolute atomic E-state index is 13.1. The highest BCUT2D eigenvalue weighted by Gasteiger charge is 2.30. The molecule has 2 heterocycles. The minimum absolute atomic E-state index is 0.00613. The van der Waals surface area contributed by atoms with Gasteiger partial charge in [-0.15, -0.1) is 0 Å². The van der Waals surface area contributed by atoms with Gasteiger partial charge in [0.15, 0.2) is 0 Å². The number of amides is 2. The summed E-state index contributed by atoms with van der Waals surface area (Å²) in [5.41, 5.74) is 0.616. The number of aromatic nitrogens is 1. The normalized spacial score (nSPS) is 18.6. The molecule has 0 bridgehead atoms. The molecule has 8 nitrogen and oxygen atoms in total. The lowest BCUT2D eigenvalue weighted by Crippen LogP contribution is -2.35. The number of benzene rings is 1. The smallest absolute Gasteiger partial charge is 0.294 e. The summed E-state index contributed by atoms with van der Waals surface area (Å²) in [6.07, 6.45) is 4.83. The molecular weight excluding hydrogens is 432 g/mol. The number of carbonyl (C=O) groups is 2. The van der Waals surface area contributed by atoms with Gasteiger partial charge in [0, 0.05) is 23.5 Å². The molecule has 1 saturated carbocycles. The Hall–Kier alpha value is -3.10. The van der Waals surface area contributed by atoms with Gasteiger partial charge in [-0.1, -0.05) is 11.6 Å². The van der Waals surface area contributed by atoms with Crippen molar-refractivity contribution in [3.63, 3.8) is 0 Å². The van der Waals surface area contributed by atoms with Crippen molar-refractivity contribution in [3.05, 3.63) is 47.3 Å². The lowest BCUT2D eigenvalue weighted by atomic mass is 9.85. The van der Waals surface area contributed by atoms with Crippen LogP contribution in [0, 0.1) is 5.92 Å². The molecule has 0 atom stereocenters. The molecule has 1 aromatic carbocycles. The van der Waals surface area contributed by atoms with Crippen molar-refractivity contribution >= 4 is 45.9 Å². The fraction of sp³-hybridized carbons (Fsp3) is 0.348. The number of aromatic hydroxyl groups is 1. The van der Waals surface area contributed by atoms with E-state index in [1.54, 1.807) is 18.2 Å². The highest BCUT2D eigenvalue weighted by Crippen LogP contribution is 2.35. The molecule has 1 aliphatic carbocycles. The summed E-state index contributed by atoms with van der Waals surface area (Å²) in [6.45, 7) is 0. The molecule has 1 fully saturated rings. The predicted molar refractivity (Wildman–Crippen MR) is 123 cm³/mol. The first-order valence-electron chi connectivity index (χ1n) is 10.5. The van der Waals surface area contributed by atoms with Gasteiger partial charge in [0.05, 0.1) is 5.02 Å². The van der Waals surface area contributed by atoms with Crippen LogP contribution < -0.4 is 10.6 Å². The molecule has 4 rings (SSSR count). The maximum atomic E-state index is 13.1. The molecule has 9 heteroatoms. The van der Waals surface area contributed by atoms with E-state index in [0.717, 1.165) is 25.7 Å². The lowest BCUT2D eigenvalue weighted by Gasteiger charge is -2.31. The average Bonchev–Trinajstić information content (AvgIpc) is 3.13. The van der Waals surface area contributed by atoms with Gasteiger partial charge in [0.2, 0.25) is 11.7 Å². The van der Waals surface area contributed by atoms with E-state index in [1.165, 1.54) is 18.3 Å². The number of hydrogen-bond acceptors (Lipinski definition) is 6. The fourth-order valence-corrected chi connectivity index (χ4v) is 4.18. The Morgan fingerprint density at radius 3 is 2.53 bits per heavy atom. The maximum Gasteiger partial charge on any atom is 0.294 e. The number of anilines is 2. The van der Waals surface area contributed by atoms with Crippen LogP contribution in [0.5, 0.6) is 5.75 Å². The highest BCUT2D eigenvalue weighted by molar-refractivity contribution is 6.30. The van der Waals surface area contributed by atoms with Crippen molar-refractivity contribution in [1.29, 1.82) is 0 Å². The third-order valence-electron chi connectivity index (χ3n) is 5.89. The Balaban J connectivity index is 1.59. The molecule has 0 unspecified atom stereocenters. The number of fused-ring (bicyclic) bond motifs is 1. The SMILES string of the molecule is CN(C)C1CCC(C(=O)Nc2c(C(=O)Nc3ccc(Cl)cn3)oc3ccc(O)cc23)CC1. The van der Waals surface area contributed by atoms with Crippen molar-refractivity contribution in [2.75, 3.05) is 24.7 Å². The van der Waals surface area contributed by atoms with Gasteiger partial charge in [-0.2, -0.15) is 0 Å². The molecule has 168 valence electrons. The number of pyridine rings is 1. The summed E-state index contributed by atoms with van der Waals surface area (Å²) >= 11 is 5.85. The van der Waals surface area contributed by atoms with Crippen LogP contribution in [0.25, 0.3) is 11.0 Å². The largest absolute Gasteiger partial charge is 0.508 e. The first-order valence-corrected chi connectivity index (χ1v) is 10.9. The molecule has 0 aliphatic heterocycles. The van der Waals surface area contributed by atoms with Gasteiger partial charge in [-0.3, -0.25) is 9.59 Å². The number of phenolic OH excluding ortho intramolecular Hbond substituents is 1. The molecule has 2 amide bonds. The summed E-state index contributed by atoms with van der Waals surface area (Å²) in [5.74, 6) is -0.636. The van der Waals surface area contributed by atoms with Crippen molar-refractivity contribution < 1.29 is 19.1 Å². The Morgan fingerprint density at radius 2 is 1.88 bits per heavy atom. The minimum atomic E-state index is -0.567. The molecule has 2 aromatic heterocycles. The van der Waals surface area contributed by atoms with Crippen molar-refractivity contribution in [2.24, 2.45) is 5.92 Å². The van der Waals surface area contributed by atoms with Crippen LogP contribution in [0.15, 0.2) is 40.9 Å². The summed E-state index contributed by atoms with van der Waals surface area (Å²) in [4.78, 5) is 32.3. The third-order valence-corrected chi connectivity index (χ3v) is 6.12. The molecule has 1 aliphatic rings. The number of carbonyl (C=O) groups excluding carboxylic acids is 2. The van der Waals surface area contributed by atoms with Crippen LogP contribution in [0.4, 0.5) is 11.5 Å². The van der Waals surface area contributed by atoms with Crippen LogP contribution in [0.2, 0.25) is 5.02 Å². The Kier molecular flexibility index (Phi) is 6.34. The highest BCUT2D eigenvalue weighted by atomic mass is 35.5. The summed E-state index contributed by atoms with van der Waals surface area (Å²) < 4.78 is 5.75. The quantitative estimate of drug-likeness (QED) is 0.521. The van der Waals surface area contributed by atoms with Crippen LogP contribution in [-0.4, -0.2) is 46.9 Å². The first kappa shape index (κ1) is 22.1. The van der Waals surface area contributed by atoms with E-state index in [9.17, 15) is 14.7 Å². The number of rotatable bonds is 5. The zero-order valence-corrected chi connectivity index (χ0v) is 18.6. The minimum Gasteiger partial charge on any atom is -0.508 e. The lowest BCUT2D eigenvalue weighted by molar-refractivity contribution is -0.121. The van der Waals surface area contributed by atoms with Crippen LogP contribution >= 0.6 is 11.6 Å². The van der Waals surface area contributed by atoms with E-state index < -0.39 is 5.91 Å². The van der Waals surface area contributed by atoms with Gasteiger partial charge < -0.3 is 25.1 Å². The molecule has 3 aromatic rings. The van der Waals surface area contributed by atoms with Crippen LogP contribution in [0.3, 0.4) is 0 Å². The van der Waals surface area contributed by atoms with Crippen molar-refractivity contribution in [3.8, 4) is 5.75 Å². The monoisotopic (exact) mass is 456 g/mol. The Morgan fingerprint density at radius 1 is 1.12 bits per heavy atom. The molecule has 3 N–H and O–H groups in total. The van der Waals surface area contributed by atoms with Gasteiger partial charge in [0.25, 0.3) is 5.91 Å². The summed E-state index contributed by atoms with van der Waals surface area (Å²) in [5, 5.41) is 16.4. The topological polar surface area (TPSA) is 108 Å². The summed E-state index contributed by atoms with van der Waals surface area (Å²) in [6, 6.07) is 8.12. The number of halogens is 1. The fourth-order valence-electron chi connectivity index (χ4n) is 4.07. The number of nitrogens with zero attached hydrogens (tertiary/aromatic N) is 2. The van der Waals surface area contributed by atoms with Gasteiger partial charge in [-0.05, 0) is 70.1 Å². The zero-order chi connectivity index (χ0) is 22.8. The van der Waals surface area contributed by atoms with E-state index in [0.29, 0.717) is 27.9 Å². The van der Waals surface area contributed by atoms with Crippen molar-refractivity contribution in [1.82, 2.24) is 9.88 Å². The van der Waals surface area contributed by atoms with E-state index in [-0.39, 0.29) is 29.0 Å². The second-order valence-electron chi connectivity index (χ2n) is 8.26. The number of phenols is 1. The molecule has 32 heavy (non-hydrogen) atoms. The Labute approximate surface area is 190 Å². The van der Waals surface area contributed by atoms with Crippen molar-refractivity contribution in [2.45, 2.75) is 31.7 Å². The standard InChI is InChI=1S/C23H25ClN4O4/c1-28(2)15-6-3-13(4-7-15)22(30)27-20-17-11-16(29)8-9-18(17)32-21(20)23(31)26-19-10-5-14(24)12-25-19/h5,8-13,15,29H,3-4,6-7H2,1-2H3,(H,27,30)(H,25,26,31). The van der Waals surface area contributed by atoms with E-state index in [4.69, 9.17) is 16.0 Å². The van der Waals surface area contributed by atoms with Gasteiger partial charge in [0.1, 0.15) is 22.8 Å².